The fourth-order valence-corrected chi connectivity index (χ4v) is 7.78. The molecule has 0 radical (unpaired) electrons. The number of allylic oxidation sites excluding steroid dienone is 4. The Morgan fingerprint density at radius 2 is 1.11 bits per heavy atom. The molecule has 0 amide bonds. The summed E-state index contributed by atoms with van der Waals surface area (Å²) in [5.74, 6) is 0. The van der Waals surface area contributed by atoms with Crippen molar-refractivity contribution < 1.29 is 4.79 Å². The molecule has 1 nitrogen and oxygen atoms in total. The molecule has 0 aliphatic carbocycles. The van der Waals surface area contributed by atoms with Crippen LogP contribution in [0.1, 0.15) is 52.4 Å². The van der Waals surface area contributed by atoms with Crippen molar-refractivity contribution in [2.75, 3.05) is 0 Å². The van der Waals surface area contributed by atoms with E-state index in [1.807, 2.05) is 12.2 Å². The van der Waals surface area contributed by atoms with Crippen molar-refractivity contribution in [2.45, 2.75) is 52.4 Å². The van der Waals surface area contributed by atoms with Gasteiger partial charge in [-0.25, -0.2) is 0 Å². The van der Waals surface area contributed by atoms with Crippen LogP contribution in [0.25, 0.3) is 0 Å². The standard InChI is InChI=1S/C23H25P.C8H14.C3H4O/c1-2-3-13-20-24(21-14-7-4-8-15-21,22-16-9-5-10-17-22)23-18-11-6-12-19-23;1-3-5-7-8-6-4-2;1-2-3-4/h4-12,14-20H,2-3,13H2,1H3;3,5,7H,1,4,6,8H2,2H3;2-3H,1H2/b;7-5-;. The molecule has 0 aliphatic rings. The Balaban J connectivity index is 0.000000452. The molecule has 3 aromatic rings. The number of hydrogen-bond acceptors (Lipinski definition) is 1. The maximum absolute atomic E-state index is 9.06. The summed E-state index contributed by atoms with van der Waals surface area (Å²) in [6.07, 6.45) is 17.8. The molecule has 0 N–H and O–H groups in total. The molecular weight excluding hydrogens is 455 g/mol. The summed E-state index contributed by atoms with van der Waals surface area (Å²) < 4.78 is 0. The Morgan fingerprint density at radius 3 is 1.44 bits per heavy atom. The van der Waals surface area contributed by atoms with Crippen LogP contribution >= 0.6 is 7.26 Å². The molecule has 0 aromatic heterocycles. The predicted octanol–water partition coefficient (Wildman–Crippen LogP) is 8.62. The number of carbonyl (C=O) groups is 1. The monoisotopic (exact) mass is 498 g/mol. The van der Waals surface area contributed by atoms with Crippen LogP contribution in [-0.4, -0.2) is 6.29 Å². The second kappa shape index (κ2) is 20.2. The molecular formula is C34H43OP. The van der Waals surface area contributed by atoms with Crippen LogP contribution in [0.4, 0.5) is 0 Å². The smallest absolute Gasteiger partial charge is 0.142 e. The Kier molecular flexibility index (Phi) is 17.4. The lowest BCUT2D eigenvalue weighted by Crippen LogP contribution is -2.31. The van der Waals surface area contributed by atoms with E-state index in [4.69, 9.17) is 4.79 Å². The van der Waals surface area contributed by atoms with Crippen LogP contribution in [0.2, 0.25) is 0 Å². The zero-order valence-corrected chi connectivity index (χ0v) is 23.0. The molecule has 3 rings (SSSR count). The van der Waals surface area contributed by atoms with Crippen molar-refractivity contribution in [2.24, 2.45) is 0 Å². The first-order chi connectivity index (χ1) is 17.7. The largest absolute Gasteiger partial charge is 0.299 e. The average Bonchev–Trinajstić information content (AvgIpc) is 2.95. The van der Waals surface area contributed by atoms with Crippen LogP contribution in [0.5, 0.6) is 0 Å². The Bertz CT molecular complexity index is 875. The lowest BCUT2D eigenvalue weighted by molar-refractivity contribution is -0.104. The van der Waals surface area contributed by atoms with E-state index in [0.29, 0.717) is 6.29 Å². The van der Waals surface area contributed by atoms with Gasteiger partial charge < -0.3 is 0 Å². The minimum atomic E-state index is -1.71. The van der Waals surface area contributed by atoms with Crippen LogP contribution in [-0.2, 0) is 4.79 Å². The van der Waals surface area contributed by atoms with Gasteiger partial charge in [-0.15, -0.1) is 6.42 Å². The fourth-order valence-electron chi connectivity index (χ4n) is 3.76. The number of aldehydes is 1. The SMILES string of the molecule is C=C/C=C\CCCC.C=CC=O.CCCC[CH-][P+](c1ccccc1)(c1ccccc1)c1ccccc1. The van der Waals surface area contributed by atoms with Gasteiger partial charge in [-0.2, -0.15) is 6.16 Å². The number of unbranched alkanes of at least 4 members (excludes halogenated alkanes) is 4. The van der Waals surface area contributed by atoms with Crippen molar-refractivity contribution >= 4 is 29.5 Å². The molecule has 0 fully saturated rings. The third-order valence-electron chi connectivity index (χ3n) is 5.54. The molecule has 0 heterocycles. The normalized spacial score (nSPS) is 10.4. The van der Waals surface area contributed by atoms with Crippen molar-refractivity contribution in [1.29, 1.82) is 0 Å². The third-order valence-corrected chi connectivity index (χ3v) is 9.69. The van der Waals surface area contributed by atoms with Gasteiger partial charge in [-0.3, -0.25) is 4.79 Å². The van der Waals surface area contributed by atoms with E-state index in [1.165, 1.54) is 54.1 Å². The third kappa shape index (κ3) is 10.7. The molecule has 0 saturated heterocycles. The van der Waals surface area contributed by atoms with Gasteiger partial charge in [0.15, 0.2) is 0 Å². The quantitative estimate of drug-likeness (QED) is 0.0610. The topological polar surface area (TPSA) is 17.1 Å². The summed E-state index contributed by atoms with van der Waals surface area (Å²) in [6.45, 7) is 11.1. The summed E-state index contributed by atoms with van der Waals surface area (Å²) in [7, 11) is -1.71. The second-order valence-corrected chi connectivity index (χ2v) is 11.6. The maximum Gasteiger partial charge on any atom is 0.142 e. The first-order valence-corrected chi connectivity index (χ1v) is 14.8. The lowest BCUT2D eigenvalue weighted by atomic mass is 10.2. The number of hydrogen-bond donors (Lipinski definition) is 0. The van der Waals surface area contributed by atoms with E-state index in [2.05, 4.69) is 130 Å². The zero-order chi connectivity index (χ0) is 26.3. The molecule has 0 aliphatic heterocycles. The first kappa shape index (κ1) is 31.0. The van der Waals surface area contributed by atoms with E-state index >= 15 is 0 Å². The van der Waals surface area contributed by atoms with Crippen molar-refractivity contribution in [3.8, 4) is 0 Å². The highest BCUT2D eigenvalue weighted by Crippen LogP contribution is 2.59. The van der Waals surface area contributed by atoms with Gasteiger partial charge in [0, 0.05) is 0 Å². The van der Waals surface area contributed by atoms with Gasteiger partial charge in [0.05, 0.1) is 15.9 Å². The average molecular weight is 499 g/mol. The van der Waals surface area contributed by atoms with Gasteiger partial charge in [-0.05, 0) is 56.2 Å². The van der Waals surface area contributed by atoms with Crippen LogP contribution < -0.4 is 15.9 Å². The van der Waals surface area contributed by atoms with Gasteiger partial charge in [0.1, 0.15) is 6.29 Å². The molecule has 0 spiro atoms. The summed E-state index contributed by atoms with van der Waals surface area (Å²) in [4.78, 5) is 9.06. The minimum Gasteiger partial charge on any atom is -0.299 e. The Hall–Kier alpha value is -3.02. The van der Waals surface area contributed by atoms with Crippen molar-refractivity contribution in [3.63, 3.8) is 0 Å². The second-order valence-electron chi connectivity index (χ2n) is 8.23. The molecule has 190 valence electrons. The maximum atomic E-state index is 9.06. The minimum absolute atomic E-state index is 0.639. The van der Waals surface area contributed by atoms with Crippen molar-refractivity contribution in [3.05, 3.63) is 135 Å². The van der Waals surface area contributed by atoms with Crippen LogP contribution in [0, 0.1) is 6.16 Å². The number of rotatable bonds is 12. The van der Waals surface area contributed by atoms with E-state index in [9.17, 15) is 0 Å². The summed E-state index contributed by atoms with van der Waals surface area (Å²) in [6, 6.07) is 33.2. The highest BCUT2D eigenvalue weighted by Gasteiger charge is 2.36. The summed E-state index contributed by atoms with van der Waals surface area (Å²) in [5.41, 5.74) is 0. The molecule has 0 atom stereocenters. The fraction of sp³-hybridized carbons (Fsp3) is 0.235. The Morgan fingerprint density at radius 1 is 0.694 bits per heavy atom. The van der Waals surface area contributed by atoms with Crippen LogP contribution in [0.3, 0.4) is 0 Å². The Labute approximate surface area is 221 Å². The van der Waals surface area contributed by atoms with Gasteiger partial charge >= 0.3 is 0 Å². The summed E-state index contributed by atoms with van der Waals surface area (Å²) in [5, 5.41) is 4.33. The molecule has 0 bridgehead atoms. The zero-order valence-electron chi connectivity index (χ0n) is 22.1. The van der Waals surface area contributed by atoms with Crippen molar-refractivity contribution in [1.82, 2.24) is 0 Å². The molecule has 2 heteroatoms. The summed E-state index contributed by atoms with van der Waals surface area (Å²) >= 11 is 0. The molecule has 36 heavy (non-hydrogen) atoms. The highest BCUT2D eigenvalue weighted by molar-refractivity contribution is 7.97. The van der Waals surface area contributed by atoms with E-state index in [-0.39, 0.29) is 0 Å². The molecule has 0 saturated carbocycles. The van der Waals surface area contributed by atoms with Crippen LogP contribution in [0.15, 0.2) is 128 Å². The number of carbonyl (C=O) groups excluding carboxylic acids is 1. The highest BCUT2D eigenvalue weighted by atomic mass is 31.2. The lowest BCUT2D eigenvalue weighted by Gasteiger charge is -2.36. The predicted molar refractivity (Wildman–Crippen MR) is 164 cm³/mol. The number of benzene rings is 3. The van der Waals surface area contributed by atoms with E-state index in [0.717, 1.165) is 6.42 Å². The molecule has 3 aromatic carbocycles. The van der Waals surface area contributed by atoms with Gasteiger partial charge in [0.2, 0.25) is 0 Å². The first-order valence-electron chi connectivity index (χ1n) is 12.9. The van der Waals surface area contributed by atoms with Gasteiger partial charge in [-0.1, -0.05) is 126 Å². The van der Waals surface area contributed by atoms with E-state index < -0.39 is 7.26 Å². The van der Waals surface area contributed by atoms with Gasteiger partial charge in [0.25, 0.3) is 0 Å². The van der Waals surface area contributed by atoms with E-state index in [1.54, 1.807) is 0 Å². The molecule has 0 unspecified atom stereocenters.